The molecule has 182 valence electrons. The van der Waals surface area contributed by atoms with Crippen molar-refractivity contribution in [3.05, 3.63) is 22.3 Å². The Morgan fingerprint density at radius 2 is 2.03 bits per heavy atom. The molecule has 0 aliphatic carbocycles. The third-order valence-electron chi connectivity index (χ3n) is 5.60. The highest BCUT2D eigenvalue weighted by atomic mass is 32.2. The van der Waals surface area contributed by atoms with E-state index in [-0.39, 0.29) is 28.9 Å². The van der Waals surface area contributed by atoms with Gasteiger partial charge in [-0.05, 0) is 19.3 Å². The minimum absolute atomic E-state index is 0.0476. The first-order valence-corrected chi connectivity index (χ1v) is 12.3. The minimum atomic E-state index is -1.33. The molecule has 5 N–H and O–H groups in total. The van der Waals surface area contributed by atoms with Crippen LogP contribution in [0.1, 0.15) is 25.0 Å². The van der Waals surface area contributed by atoms with Gasteiger partial charge in [0.25, 0.3) is 11.8 Å². The number of β-lactam (4-membered cyclic amide) rings is 1. The van der Waals surface area contributed by atoms with Crippen LogP contribution in [0.2, 0.25) is 0 Å². The number of carboxylic acid groups (broad SMARTS) is 1. The van der Waals surface area contributed by atoms with Crippen molar-refractivity contribution in [3.8, 4) is 0 Å². The van der Waals surface area contributed by atoms with E-state index < -0.39 is 41.0 Å². The van der Waals surface area contributed by atoms with Gasteiger partial charge in [-0.2, -0.15) is 0 Å². The lowest BCUT2D eigenvalue weighted by atomic mass is 10.0. The molecule has 3 amide bonds. The van der Waals surface area contributed by atoms with Crippen LogP contribution in [0.15, 0.2) is 21.8 Å². The van der Waals surface area contributed by atoms with E-state index in [1.165, 1.54) is 17.1 Å². The molecule has 3 aliphatic heterocycles. The Morgan fingerprint density at radius 3 is 2.65 bits per heavy atom. The summed E-state index contributed by atoms with van der Waals surface area (Å²) in [4.78, 5) is 56.1. The second kappa shape index (κ2) is 9.89. The van der Waals surface area contributed by atoms with Crippen molar-refractivity contribution >= 4 is 57.8 Å². The fourth-order valence-electron chi connectivity index (χ4n) is 3.93. The number of aliphatic carboxylic acids is 1. The summed E-state index contributed by atoms with van der Waals surface area (Å²) in [7, 11) is 0. The van der Waals surface area contributed by atoms with E-state index >= 15 is 0 Å². The molecule has 0 unspecified atom stereocenters. The van der Waals surface area contributed by atoms with Gasteiger partial charge in [0, 0.05) is 29.8 Å². The van der Waals surface area contributed by atoms with Gasteiger partial charge in [-0.25, -0.2) is 14.6 Å². The molecule has 0 spiro atoms. The van der Waals surface area contributed by atoms with Gasteiger partial charge in [0.1, 0.15) is 29.4 Å². The molecule has 15 heteroatoms. The largest absolute Gasteiger partial charge is 0.477 e. The molecule has 2 atom stereocenters. The number of nitrogen functional groups attached to an aromatic ring is 1. The van der Waals surface area contributed by atoms with Crippen molar-refractivity contribution in [1.29, 1.82) is 0 Å². The first-order chi connectivity index (χ1) is 16.3. The average molecular weight is 511 g/mol. The van der Waals surface area contributed by atoms with Crippen LogP contribution in [0.3, 0.4) is 0 Å². The number of likely N-dealkylation sites (tertiary alicyclic amines) is 1. The second-order valence-electron chi connectivity index (χ2n) is 7.74. The third-order valence-corrected chi connectivity index (χ3v) is 7.61. The maximum absolute atomic E-state index is 12.8. The lowest BCUT2D eigenvalue weighted by molar-refractivity contribution is -0.150. The van der Waals surface area contributed by atoms with Gasteiger partial charge in [-0.3, -0.25) is 14.5 Å². The highest BCUT2D eigenvalue weighted by molar-refractivity contribution is 8.00. The van der Waals surface area contributed by atoms with E-state index in [0.29, 0.717) is 18.7 Å². The van der Waals surface area contributed by atoms with E-state index in [0.717, 1.165) is 35.5 Å². The van der Waals surface area contributed by atoms with E-state index in [9.17, 15) is 29.5 Å². The molecule has 1 aromatic rings. The Kier molecular flexibility index (Phi) is 6.92. The normalized spacial score (nSPS) is 22.7. The number of carbonyl (C=O) groups excluding carboxylic acids is 3. The zero-order chi connectivity index (χ0) is 24.4. The molecule has 1 aromatic heterocycles. The number of hydrogen-bond donors (Lipinski definition) is 4. The average Bonchev–Trinajstić information content (AvgIpc) is 3.26. The number of rotatable bonds is 6. The second-order valence-corrected chi connectivity index (χ2v) is 9.73. The summed E-state index contributed by atoms with van der Waals surface area (Å²) in [5.41, 5.74) is 5.22. The molecule has 4 rings (SSSR count). The van der Waals surface area contributed by atoms with Gasteiger partial charge in [0.2, 0.25) is 0 Å². The summed E-state index contributed by atoms with van der Waals surface area (Å²) in [5.74, 6) is -2.63. The first kappa shape index (κ1) is 23.8. The molecule has 13 nitrogen and oxygen atoms in total. The van der Waals surface area contributed by atoms with Crippen LogP contribution in [-0.4, -0.2) is 91.6 Å². The molecule has 34 heavy (non-hydrogen) atoms. The molecular weight excluding hydrogens is 488 g/mol. The van der Waals surface area contributed by atoms with Crippen LogP contribution in [0.25, 0.3) is 0 Å². The number of oxime groups is 1. The number of aromatic nitrogens is 1. The number of carbonyl (C=O) groups is 4. The SMILES string of the molecule is Nc1nc(/C(=N/O)C(=O)N[C@@H]2C(=O)N3C(C(=O)O)=C(COC(=O)N4CCCCC4)CS[C@H]23)cs1. The van der Waals surface area contributed by atoms with Crippen molar-refractivity contribution in [2.75, 3.05) is 31.2 Å². The van der Waals surface area contributed by atoms with E-state index in [4.69, 9.17) is 10.5 Å². The molecule has 4 heterocycles. The van der Waals surface area contributed by atoms with Crippen molar-refractivity contribution in [2.24, 2.45) is 5.16 Å². The van der Waals surface area contributed by atoms with Crippen LogP contribution in [0.4, 0.5) is 9.93 Å². The standard InChI is InChI=1S/C19H22N6O7S2/c20-18-21-10(8-34-18)11(23-31)14(26)22-12-15(27)25-13(17(28)29)9(7-33-16(12)25)6-32-19(30)24-4-2-1-3-5-24/h8,12,16,31H,1-7H2,(H2,20,21)(H,22,26)(H,28,29)/b23-11-/t12-,16-/m1/s1. The Hall–Kier alpha value is -3.33. The minimum Gasteiger partial charge on any atom is -0.477 e. The fourth-order valence-corrected chi connectivity index (χ4v) is 5.80. The van der Waals surface area contributed by atoms with Gasteiger partial charge >= 0.3 is 12.1 Å². The van der Waals surface area contributed by atoms with Gasteiger partial charge in [0.05, 0.1) is 0 Å². The van der Waals surface area contributed by atoms with Crippen LogP contribution in [0.5, 0.6) is 0 Å². The predicted octanol–water partition coefficient (Wildman–Crippen LogP) is 0.265. The summed E-state index contributed by atoms with van der Waals surface area (Å²) in [6.07, 6.45) is 2.32. The van der Waals surface area contributed by atoms with Crippen LogP contribution in [0, 0.1) is 0 Å². The summed E-state index contributed by atoms with van der Waals surface area (Å²) < 4.78 is 5.32. The van der Waals surface area contributed by atoms with Crippen molar-refractivity contribution in [3.63, 3.8) is 0 Å². The number of amides is 3. The van der Waals surface area contributed by atoms with E-state index in [1.807, 2.05) is 0 Å². The Morgan fingerprint density at radius 1 is 1.29 bits per heavy atom. The number of thioether (sulfide) groups is 1. The van der Waals surface area contributed by atoms with Crippen molar-refractivity contribution in [1.82, 2.24) is 20.1 Å². The third kappa shape index (κ3) is 4.52. The Balaban J connectivity index is 1.43. The maximum Gasteiger partial charge on any atom is 0.410 e. The number of thiazole rings is 1. The van der Waals surface area contributed by atoms with E-state index in [1.54, 1.807) is 4.90 Å². The highest BCUT2D eigenvalue weighted by Crippen LogP contribution is 2.40. The number of piperidine rings is 1. The summed E-state index contributed by atoms with van der Waals surface area (Å²) in [6, 6.07) is -1.03. The smallest absolute Gasteiger partial charge is 0.410 e. The highest BCUT2D eigenvalue weighted by Gasteiger charge is 2.54. The number of fused-ring (bicyclic) bond motifs is 1. The van der Waals surface area contributed by atoms with Crippen molar-refractivity contribution in [2.45, 2.75) is 30.7 Å². The van der Waals surface area contributed by atoms with E-state index in [2.05, 4.69) is 15.5 Å². The number of carboxylic acids is 1. The topological polar surface area (TPSA) is 188 Å². The van der Waals surface area contributed by atoms with Gasteiger partial charge in [-0.15, -0.1) is 23.1 Å². The predicted molar refractivity (Wildman–Crippen MR) is 121 cm³/mol. The zero-order valence-corrected chi connectivity index (χ0v) is 19.4. The van der Waals surface area contributed by atoms with Gasteiger partial charge in [0.15, 0.2) is 10.8 Å². The summed E-state index contributed by atoms with van der Waals surface area (Å²) in [6.45, 7) is 0.947. The number of anilines is 1. The molecule has 0 radical (unpaired) electrons. The van der Waals surface area contributed by atoms with Crippen LogP contribution < -0.4 is 11.1 Å². The summed E-state index contributed by atoms with van der Waals surface area (Å²) in [5, 5.41) is 25.3. The molecule has 0 bridgehead atoms. The van der Waals surface area contributed by atoms with Crippen molar-refractivity contribution < 1.29 is 34.2 Å². The number of nitrogens with two attached hydrogens (primary N) is 1. The molecule has 2 saturated heterocycles. The molecule has 0 saturated carbocycles. The van der Waals surface area contributed by atoms with Gasteiger partial charge < -0.3 is 31.0 Å². The van der Waals surface area contributed by atoms with Crippen LogP contribution in [-0.2, 0) is 19.1 Å². The number of nitrogens with one attached hydrogen (secondary N) is 1. The quantitative estimate of drug-likeness (QED) is 0.179. The first-order valence-electron chi connectivity index (χ1n) is 10.4. The number of ether oxygens (including phenoxy) is 1. The molecule has 2 fully saturated rings. The maximum atomic E-state index is 12.8. The van der Waals surface area contributed by atoms with Gasteiger partial charge in [-0.1, -0.05) is 5.16 Å². The molecule has 0 aromatic carbocycles. The number of hydrogen-bond acceptors (Lipinski definition) is 11. The zero-order valence-electron chi connectivity index (χ0n) is 17.8. The molecule has 3 aliphatic rings. The Labute approximate surface area is 201 Å². The lowest BCUT2D eigenvalue weighted by Gasteiger charge is -2.49. The monoisotopic (exact) mass is 510 g/mol. The summed E-state index contributed by atoms with van der Waals surface area (Å²) >= 11 is 2.28. The fraction of sp³-hybridized carbons (Fsp3) is 0.474. The number of nitrogens with zero attached hydrogens (tertiary/aromatic N) is 4. The molecular formula is C19H22N6O7S2. The van der Waals surface area contributed by atoms with Crippen LogP contribution >= 0.6 is 23.1 Å². The Bertz CT molecular complexity index is 1080. The lowest BCUT2D eigenvalue weighted by Crippen LogP contribution is -2.71.